The van der Waals surface area contributed by atoms with Crippen molar-refractivity contribution in [1.82, 2.24) is 9.97 Å². The van der Waals surface area contributed by atoms with Crippen LogP contribution in [0, 0.1) is 0 Å². The summed E-state index contributed by atoms with van der Waals surface area (Å²) in [5.74, 6) is 0.826. The Bertz CT molecular complexity index is 562. The van der Waals surface area contributed by atoms with E-state index in [0.29, 0.717) is 18.9 Å². The van der Waals surface area contributed by atoms with Crippen molar-refractivity contribution in [2.75, 3.05) is 44.5 Å². The van der Waals surface area contributed by atoms with Gasteiger partial charge in [-0.3, -0.25) is 0 Å². The Morgan fingerprint density at radius 3 is 2.90 bits per heavy atom. The normalized spacial score (nSPS) is 10.9. The van der Waals surface area contributed by atoms with Crippen molar-refractivity contribution >= 4 is 22.4 Å². The molecule has 114 valence electrons. The molecule has 0 amide bonds. The van der Waals surface area contributed by atoms with E-state index in [1.807, 2.05) is 18.2 Å². The first-order valence-corrected chi connectivity index (χ1v) is 7.12. The summed E-state index contributed by atoms with van der Waals surface area (Å²) in [6, 6.07) is 5.64. The lowest BCUT2D eigenvalue weighted by Gasteiger charge is -2.09. The quantitative estimate of drug-likeness (QED) is 0.543. The zero-order chi connectivity index (χ0) is 14.9. The van der Waals surface area contributed by atoms with Crippen LogP contribution >= 0.6 is 0 Å². The summed E-state index contributed by atoms with van der Waals surface area (Å²) in [7, 11) is 1.67. The highest BCUT2D eigenvalue weighted by molar-refractivity contribution is 5.91. The molecule has 0 aliphatic rings. The van der Waals surface area contributed by atoms with Crippen LogP contribution < -0.4 is 11.1 Å². The number of hydrogen-bond donors (Lipinski definition) is 2. The zero-order valence-electron chi connectivity index (χ0n) is 12.3. The highest BCUT2D eigenvalue weighted by atomic mass is 16.5. The van der Waals surface area contributed by atoms with Gasteiger partial charge in [-0.2, -0.15) is 0 Å². The van der Waals surface area contributed by atoms with Crippen LogP contribution in [0.5, 0.6) is 0 Å². The van der Waals surface area contributed by atoms with Gasteiger partial charge in [0.05, 0.1) is 18.7 Å². The summed E-state index contributed by atoms with van der Waals surface area (Å²) in [6.07, 6.45) is 3.58. The van der Waals surface area contributed by atoms with Crippen LogP contribution in [0.15, 0.2) is 24.5 Å². The third kappa shape index (κ3) is 4.84. The van der Waals surface area contributed by atoms with E-state index in [1.165, 1.54) is 0 Å². The van der Waals surface area contributed by atoms with Gasteiger partial charge in [0.25, 0.3) is 0 Å². The standard InChI is InChI=1S/C15H22N4O2/c1-20-8-9-21-7-3-2-6-17-15-13-10-12(16)4-5-14(13)18-11-19-15/h4-5,10-11H,2-3,6-9,16H2,1H3,(H,17,18,19). The lowest BCUT2D eigenvalue weighted by atomic mass is 10.2. The highest BCUT2D eigenvalue weighted by Crippen LogP contribution is 2.21. The van der Waals surface area contributed by atoms with Crippen LogP contribution in [0.25, 0.3) is 10.9 Å². The molecule has 6 nitrogen and oxygen atoms in total. The summed E-state index contributed by atoms with van der Waals surface area (Å²) in [4.78, 5) is 8.51. The number of nitrogens with two attached hydrogens (primary N) is 1. The SMILES string of the molecule is COCCOCCCCNc1ncnc2ccc(N)cc12. The molecule has 2 rings (SSSR count). The smallest absolute Gasteiger partial charge is 0.137 e. The summed E-state index contributed by atoms with van der Waals surface area (Å²) < 4.78 is 10.3. The Morgan fingerprint density at radius 1 is 1.14 bits per heavy atom. The highest BCUT2D eigenvalue weighted by Gasteiger charge is 2.03. The van der Waals surface area contributed by atoms with Crippen LogP contribution in [0.2, 0.25) is 0 Å². The molecule has 1 aromatic heterocycles. The number of benzene rings is 1. The molecule has 3 N–H and O–H groups in total. The van der Waals surface area contributed by atoms with Gasteiger partial charge in [-0.05, 0) is 31.0 Å². The third-order valence-corrected chi connectivity index (χ3v) is 3.10. The minimum atomic E-state index is 0.645. The second kappa shape index (κ2) is 8.39. The number of ether oxygens (including phenoxy) is 2. The third-order valence-electron chi connectivity index (χ3n) is 3.10. The summed E-state index contributed by atoms with van der Waals surface area (Å²) in [6.45, 7) is 2.89. The van der Waals surface area contributed by atoms with Crippen LogP contribution in [-0.2, 0) is 9.47 Å². The van der Waals surface area contributed by atoms with Crippen molar-refractivity contribution in [3.63, 3.8) is 0 Å². The molecule has 0 atom stereocenters. The maximum absolute atomic E-state index is 5.82. The number of fused-ring (bicyclic) bond motifs is 1. The molecular formula is C15H22N4O2. The fourth-order valence-corrected chi connectivity index (χ4v) is 2.00. The van der Waals surface area contributed by atoms with Crippen molar-refractivity contribution in [2.24, 2.45) is 0 Å². The Morgan fingerprint density at radius 2 is 2.05 bits per heavy atom. The Balaban J connectivity index is 1.77. The van der Waals surface area contributed by atoms with Gasteiger partial charge in [0.1, 0.15) is 12.1 Å². The minimum Gasteiger partial charge on any atom is -0.399 e. The summed E-state index contributed by atoms with van der Waals surface area (Å²) in [5, 5.41) is 4.28. The van der Waals surface area contributed by atoms with E-state index < -0.39 is 0 Å². The van der Waals surface area contributed by atoms with Crippen molar-refractivity contribution in [2.45, 2.75) is 12.8 Å². The van der Waals surface area contributed by atoms with Crippen molar-refractivity contribution < 1.29 is 9.47 Å². The maximum atomic E-state index is 5.82. The molecule has 0 unspecified atom stereocenters. The van der Waals surface area contributed by atoms with E-state index in [1.54, 1.807) is 13.4 Å². The number of methoxy groups -OCH3 is 1. The number of unbranched alkanes of at least 4 members (excludes halogenated alkanes) is 1. The zero-order valence-corrected chi connectivity index (χ0v) is 12.3. The first kappa shape index (κ1) is 15.5. The predicted molar refractivity (Wildman–Crippen MR) is 84.4 cm³/mol. The van der Waals surface area contributed by atoms with Crippen molar-refractivity contribution in [3.05, 3.63) is 24.5 Å². The number of nitrogen functional groups attached to an aromatic ring is 1. The second-order valence-electron chi connectivity index (χ2n) is 4.74. The van der Waals surface area contributed by atoms with Crippen LogP contribution in [0.3, 0.4) is 0 Å². The molecule has 1 aromatic carbocycles. The molecule has 0 saturated carbocycles. The van der Waals surface area contributed by atoms with Gasteiger partial charge >= 0.3 is 0 Å². The topological polar surface area (TPSA) is 82.3 Å². The molecule has 0 aliphatic heterocycles. The molecule has 1 heterocycles. The first-order valence-electron chi connectivity index (χ1n) is 7.12. The van der Waals surface area contributed by atoms with Gasteiger partial charge in [-0.1, -0.05) is 0 Å². The lowest BCUT2D eigenvalue weighted by Crippen LogP contribution is -2.07. The van der Waals surface area contributed by atoms with E-state index >= 15 is 0 Å². The molecule has 2 aromatic rings. The van der Waals surface area contributed by atoms with E-state index in [9.17, 15) is 0 Å². The van der Waals surface area contributed by atoms with E-state index in [-0.39, 0.29) is 0 Å². The summed E-state index contributed by atoms with van der Waals surface area (Å²) >= 11 is 0. The van der Waals surface area contributed by atoms with E-state index in [0.717, 1.165) is 42.7 Å². The number of anilines is 2. The number of nitrogens with zero attached hydrogens (tertiary/aromatic N) is 2. The minimum absolute atomic E-state index is 0.645. The van der Waals surface area contributed by atoms with Gasteiger partial charge in [0, 0.05) is 31.3 Å². The average Bonchev–Trinajstić information content (AvgIpc) is 2.50. The molecule has 6 heteroatoms. The number of nitrogens with one attached hydrogen (secondary N) is 1. The second-order valence-corrected chi connectivity index (χ2v) is 4.74. The Hall–Kier alpha value is -1.92. The van der Waals surface area contributed by atoms with Gasteiger partial charge in [-0.15, -0.1) is 0 Å². The molecule has 0 bridgehead atoms. The predicted octanol–water partition coefficient (Wildman–Crippen LogP) is 2.07. The van der Waals surface area contributed by atoms with Gasteiger partial charge < -0.3 is 20.5 Å². The Labute approximate surface area is 124 Å². The van der Waals surface area contributed by atoms with Gasteiger partial charge in [-0.25, -0.2) is 9.97 Å². The van der Waals surface area contributed by atoms with Gasteiger partial charge in [0.2, 0.25) is 0 Å². The fourth-order valence-electron chi connectivity index (χ4n) is 2.00. The average molecular weight is 290 g/mol. The number of aromatic nitrogens is 2. The molecule has 21 heavy (non-hydrogen) atoms. The van der Waals surface area contributed by atoms with Gasteiger partial charge in [0.15, 0.2) is 0 Å². The molecular weight excluding hydrogens is 268 g/mol. The monoisotopic (exact) mass is 290 g/mol. The molecule has 0 radical (unpaired) electrons. The molecule has 0 saturated heterocycles. The van der Waals surface area contributed by atoms with Crippen molar-refractivity contribution in [1.29, 1.82) is 0 Å². The fraction of sp³-hybridized carbons (Fsp3) is 0.467. The van der Waals surface area contributed by atoms with Crippen LogP contribution in [0.4, 0.5) is 11.5 Å². The first-order chi connectivity index (χ1) is 10.3. The van der Waals surface area contributed by atoms with Crippen LogP contribution in [0.1, 0.15) is 12.8 Å². The summed E-state index contributed by atoms with van der Waals surface area (Å²) in [5.41, 5.74) is 7.42. The largest absolute Gasteiger partial charge is 0.399 e. The number of hydrogen-bond acceptors (Lipinski definition) is 6. The molecule has 0 aliphatic carbocycles. The van der Waals surface area contributed by atoms with E-state index in [2.05, 4.69) is 15.3 Å². The molecule has 0 fully saturated rings. The number of rotatable bonds is 9. The molecule has 0 spiro atoms. The lowest BCUT2D eigenvalue weighted by molar-refractivity contribution is 0.0691. The Kier molecular flexibility index (Phi) is 6.18. The van der Waals surface area contributed by atoms with Crippen LogP contribution in [-0.4, -0.2) is 43.4 Å². The van der Waals surface area contributed by atoms with Crippen molar-refractivity contribution in [3.8, 4) is 0 Å². The van der Waals surface area contributed by atoms with E-state index in [4.69, 9.17) is 15.2 Å². The maximum Gasteiger partial charge on any atom is 0.137 e.